The van der Waals surface area contributed by atoms with Crippen LogP contribution in [0.3, 0.4) is 0 Å². The van der Waals surface area contributed by atoms with E-state index in [4.69, 9.17) is 0 Å². The molecule has 2 rings (SSSR count). The smallest absolute Gasteiger partial charge is 0.331 e. The van der Waals surface area contributed by atoms with Crippen LogP contribution in [0, 0.1) is 5.41 Å². The van der Waals surface area contributed by atoms with Gasteiger partial charge in [-0.15, -0.1) is 0 Å². The summed E-state index contributed by atoms with van der Waals surface area (Å²) in [7, 11) is 0. The van der Waals surface area contributed by atoms with E-state index in [1.807, 2.05) is 0 Å². The topological polar surface area (TPSA) is 84.3 Å². The zero-order chi connectivity index (χ0) is 15.6. The van der Waals surface area contributed by atoms with Gasteiger partial charge in [0, 0.05) is 18.9 Å². The minimum Gasteiger partial charge on any atom is -0.335 e. The Morgan fingerprint density at radius 2 is 1.95 bits per heavy atom. The zero-order valence-corrected chi connectivity index (χ0v) is 12.5. The lowest BCUT2D eigenvalue weighted by Gasteiger charge is -2.40. The highest BCUT2D eigenvalue weighted by Gasteiger charge is 2.52. The summed E-state index contributed by atoms with van der Waals surface area (Å²) in [6, 6.07) is -1.01. The Morgan fingerprint density at radius 1 is 1.29 bits per heavy atom. The van der Waals surface area contributed by atoms with Crippen molar-refractivity contribution in [1.29, 1.82) is 0 Å². The third-order valence-corrected chi connectivity index (χ3v) is 4.18. The maximum Gasteiger partial charge on any atom is 0.331 e. The number of nitrogens with one attached hydrogen (secondary N) is 1. The van der Waals surface area contributed by atoms with Crippen molar-refractivity contribution in [1.82, 2.24) is 19.8 Å². The number of hydrogen-bond acceptors (Lipinski definition) is 4. The first-order chi connectivity index (χ1) is 9.96. The molecule has 1 aromatic rings. The number of urea groups is 1. The zero-order valence-electron chi connectivity index (χ0n) is 12.5. The third kappa shape index (κ3) is 2.43. The van der Waals surface area contributed by atoms with E-state index in [-0.39, 0.29) is 6.04 Å². The Labute approximate surface area is 123 Å². The minimum absolute atomic E-state index is 0.364. The van der Waals surface area contributed by atoms with Gasteiger partial charge < -0.3 is 4.57 Å². The van der Waals surface area contributed by atoms with Gasteiger partial charge in [0.25, 0.3) is 0 Å². The molecule has 2 heterocycles. The fourth-order valence-electron chi connectivity index (χ4n) is 2.75. The van der Waals surface area contributed by atoms with E-state index in [2.05, 4.69) is 10.3 Å². The predicted octanol–water partition coefficient (Wildman–Crippen LogP) is 1.16. The number of carbonyl (C=O) groups excluding carboxylic acids is 3. The van der Waals surface area contributed by atoms with Gasteiger partial charge in [-0.1, -0.05) is 13.8 Å². The Balaban J connectivity index is 2.27. The molecule has 1 N–H and O–H groups in total. The van der Waals surface area contributed by atoms with E-state index in [1.54, 1.807) is 44.1 Å². The van der Waals surface area contributed by atoms with E-state index >= 15 is 0 Å². The van der Waals surface area contributed by atoms with Gasteiger partial charge in [0.2, 0.25) is 11.8 Å². The molecule has 1 atom stereocenters. The normalized spacial score (nSPS) is 19.6. The van der Waals surface area contributed by atoms with Gasteiger partial charge in [-0.2, -0.15) is 0 Å². The fraction of sp³-hybridized carbons (Fsp3) is 0.571. The summed E-state index contributed by atoms with van der Waals surface area (Å²) in [6.45, 7) is 5.80. The molecule has 114 valence electrons. The van der Waals surface area contributed by atoms with E-state index < -0.39 is 23.3 Å². The molecule has 0 spiro atoms. The number of imidazole rings is 1. The van der Waals surface area contributed by atoms with Crippen LogP contribution in [0.15, 0.2) is 18.7 Å². The molecule has 0 bridgehead atoms. The van der Waals surface area contributed by atoms with Crippen molar-refractivity contribution in [2.75, 3.05) is 0 Å². The molecule has 1 unspecified atom stereocenters. The van der Waals surface area contributed by atoms with Crippen molar-refractivity contribution in [3.63, 3.8) is 0 Å². The molecule has 7 nitrogen and oxygen atoms in total. The van der Waals surface area contributed by atoms with Gasteiger partial charge in [-0.3, -0.25) is 19.8 Å². The van der Waals surface area contributed by atoms with Gasteiger partial charge in [-0.25, -0.2) is 9.78 Å². The quantitative estimate of drug-likeness (QED) is 0.825. The number of imide groups is 2. The lowest BCUT2D eigenvalue weighted by molar-refractivity contribution is -0.153. The lowest BCUT2D eigenvalue weighted by Crippen LogP contribution is -2.65. The molecule has 1 aromatic heterocycles. The second-order valence-corrected chi connectivity index (χ2v) is 5.33. The lowest BCUT2D eigenvalue weighted by atomic mass is 9.78. The first-order valence-corrected chi connectivity index (χ1v) is 7.11. The van der Waals surface area contributed by atoms with Crippen molar-refractivity contribution < 1.29 is 14.4 Å². The first kappa shape index (κ1) is 15.2. The molecule has 0 radical (unpaired) electrons. The van der Waals surface area contributed by atoms with Crippen LogP contribution in [0.1, 0.15) is 33.6 Å². The Morgan fingerprint density at radius 3 is 2.48 bits per heavy atom. The molecular weight excluding hydrogens is 272 g/mol. The van der Waals surface area contributed by atoms with Crippen molar-refractivity contribution in [3.05, 3.63) is 18.7 Å². The van der Waals surface area contributed by atoms with Crippen molar-refractivity contribution >= 4 is 17.8 Å². The maximum absolute atomic E-state index is 12.7. The van der Waals surface area contributed by atoms with E-state index in [0.29, 0.717) is 19.4 Å². The van der Waals surface area contributed by atoms with Crippen LogP contribution in [0.25, 0.3) is 0 Å². The van der Waals surface area contributed by atoms with Gasteiger partial charge >= 0.3 is 6.03 Å². The predicted molar refractivity (Wildman–Crippen MR) is 75.1 cm³/mol. The molecule has 1 saturated heterocycles. The Hall–Kier alpha value is -2.18. The number of carbonyl (C=O) groups is 3. The molecule has 0 aliphatic carbocycles. The summed E-state index contributed by atoms with van der Waals surface area (Å²) in [5.74, 6) is -0.901. The molecule has 21 heavy (non-hydrogen) atoms. The number of barbiturate groups is 1. The average Bonchev–Trinajstić information content (AvgIpc) is 2.92. The molecule has 4 amide bonds. The summed E-state index contributed by atoms with van der Waals surface area (Å²) >= 11 is 0. The summed E-state index contributed by atoms with van der Waals surface area (Å²) in [6.07, 6.45) is 5.77. The number of nitrogens with zero attached hydrogens (tertiary/aromatic N) is 3. The number of hydrogen-bond donors (Lipinski definition) is 1. The number of amides is 4. The van der Waals surface area contributed by atoms with Crippen LogP contribution in [0.4, 0.5) is 4.79 Å². The van der Waals surface area contributed by atoms with Gasteiger partial charge in [-0.05, 0) is 19.8 Å². The Kier molecular flexibility index (Phi) is 4.11. The summed E-state index contributed by atoms with van der Waals surface area (Å²) in [5.41, 5.74) is -1.14. The third-order valence-electron chi connectivity index (χ3n) is 4.18. The molecule has 1 aliphatic heterocycles. The minimum atomic E-state index is -1.14. The number of aromatic nitrogens is 2. The highest BCUT2D eigenvalue weighted by Crippen LogP contribution is 2.33. The Bertz CT molecular complexity index is 549. The van der Waals surface area contributed by atoms with Crippen LogP contribution in [-0.4, -0.2) is 38.3 Å². The second-order valence-electron chi connectivity index (χ2n) is 5.33. The van der Waals surface area contributed by atoms with Crippen LogP contribution in [-0.2, 0) is 16.1 Å². The van der Waals surface area contributed by atoms with Crippen molar-refractivity contribution in [3.8, 4) is 0 Å². The van der Waals surface area contributed by atoms with Crippen molar-refractivity contribution in [2.24, 2.45) is 5.41 Å². The molecular formula is C14H20N4O3. The van der Waals surface area contributed by atoms with Crippen LogP contribution >= 0.6 is 0 Å². The molecule has 0 aromatic carbocycles. The molecule has 0 saturated carbocycles. The van der Waals surface area contributed by atoms with Crippen molar-refractivity contribution in [2.45, 2.75) is 46.2 Å². The summed E-state index contributed by atoms with van der Waals surface area (Å²) in [4.78, 5) is 42.0. The first-order valence-electron chi connectivity index (χ1n) is 7.11. The maximum atomic E-state index is 12.7. The van der Waals surface area contributed by atoms with E-state index in [1.165, 1.54) is 0 Å². The molecule has 1 aliphatic rings. The largest absolute Gasteiger partial charge is 0.335 e. The molecule has 1 fully saturated rings. The highest BCUT2D eigenvalue weighted by atomic mass is 16.2. The average molecular weight is 292 g/mol. The van der Waals surface area contributed by atoms with Gasteiger partial charge in [0.05, 0.1) is 12.4 Å². The van der Waals surface area contributed by atoms with Gasteiger partial charge in [0.15, 0.2) is 0 Å². The standard InChI is InChI=1S/C14H20N4O3/c1-4-14(5-2)11(19)16-13(21)18(12(14)20)10(3)8-17-7-6-15-9-17/h6-7,9-10H,4-5,8H2,1-3H3,(H,16,19,21). The van der Waals surface area contributed by atoms with Gasteiger partial charge in [0.1, 0.15) is 5.41 Å². The summed E-state index contributed by atoms with van der Waals surface area (Å²) in [5, 5.41) is 2.32. The fourth-order valence-corrected chi connectivity index (χ4v) is 2.75. The van der Waals surface area contributed by atoms with Crippen LogP contribution < -0.4 is 5.32 Å². The van der Waals surface area contributed by atoms with E-state index in [9.17, 15) is 14.4 Å². The molecule has 7 heteroatoms. The second kappa shape index (κ2) is 5.67. The SMILES string of the molecule is CCC1(CC)C(=O)NC(=O)N(C(C)Cn2ccnc2)C1=O. The van der Waals surface area contributed by atoms with E-state index in [0.717, 1.165) is 4.90 Å². The van der Waals surface area contributed by atoms with Crippen LogP contribution in [0.2, 0.25) is 0 Å². The monoisotopic (exact) mass is 292 g/mol. The summed E-state index contributed by atoms with van der Waals surface area (Å²) < 4.78 is 1.79. The highest BCUT2D eigenvalue weighted by molar-refractivity contribution is 6.19. The number of rotatable bonds is 5. The van der Waals surface area contributed by atoms with Crippen LogP contribution in [0.5, 0.6) is 0 Å².